The fourth-order valence-electron chi connectivity index (χ4n) is 3.30. The van der Waals surface area contributed by atoms with Gasteiger partial charge in [-0.15, -0.1) is 0 Å². The van der Waals surface area contributed by atoms with E-state index in [1.807, 2.05) is 25.1 Å². The molecule has 0 atom stereocenters. The van der Waals surface area contributed by atoms with Crippen molar-refractivity contribution in [1.82, 2.24) is 4.98 Å². The molecule has 4 rings (SSSR count). The summed E-state index contributed by atoms with van der Waals surface area (Å²) in [6, 6.07) is 14.4. The van der Waals surface area contributed by atoms with E-state index < -0.39 is 10.8 Å². The van der Waals surface area contributed by atoms with Crippen LogP contribution in [-0.2, 0) is 6.42 Å². The van der Waals surface area contributed by atoms with Crippen molar-refractivity contribution in [2.75, 3.05) is 5.32 Å². The molecule has 4 aromatic rings. The molecule has 0 unspecified atom stereocenters. The maximum atomic E-state index is 12.6. The maximum Gasteiger partial charge on any atom is 0.272 e. The van der Waals surface area contributed by atoms with Crippen LogP contribution in [0.3, 0.4) is 0 Å². The Bertz CT molecular complexity index is 1330. The summed E-state index contributed by atoms with van der Waals surface area (Å²) in [5, 5.41) is 24.0. The summed E-state index contributed by atoms with van der Waals surface area (Å²) in [6.07, 6.45) is 0.868. The molecule has 1 amide bonds. The first-order valence-corrected chi connectivity index (χ1v) is 9.65. The molecule has 0 saturated heterocycles. The number of aromatic nitrogens is 1. The SMILES string of the molecule is CCc1ccc2oc(-c3cc(NC(=O)c4ccc([N+](=O)[O-])c(C)c4)ccc3O)nc2c1. The summed E-state index contributed by atoms with van der Waals surface area (Å²) in [4.78, 5) is 27.5. The molecule has 0 spiro atoms. The second-order valence-electron chi connectivity index (χ2n) is 7.12. The van der Waals surface area contributed by atoms with Crippen molar-refractivity contribution in [2.24, 2.45) is 0 Å². The van der Waals surface area contributed by atoms with Crippen molar-refractivity contribution in [3.8, 4) is 17.2 Å². The Kier molecular flexibility index (Phi) is 5.12. The van der Waals surface area contributed by atoms with Crippen molar-refractivity contribution >= 4 is 28.4 Å². The highest BCUT2D eigenvalue weighted by atomic mass is 16.6. The number of rotatable bonds is 5. The lowest BCUT2D eigenvalue weighted by atomic mass is 10.1. The van der Waals surface area contributed by atoms with Crippen LogP contribution in [0.1, 0.15) is 28.4 Å². The number of hydrogen-bond acceptors (Lipinski definition) is 6. The Morgan fingerprint density at radius 1 is 1.16 bits per heavy atom. The molecule has 1 heterocycles. The molecule has 0 aliphatic carbocycles. The summed E-state index contributed by atoms with van der Waals surface area (Å²) in [5.41, 5.74) is 3.79. The first-order valence-electron chi connectivity index (χ1n) is 9.65. The van der Waals surface area contributed by atoms with Crippen LogP contribution in [0.2, 0.25) is 0 Å². The van der Waals surface area contributed by atoms with E-state index in [9.17, 15) is 20.0 Å². The molecular formula is C23H19N3O5. The Morgan fingerprint density at radius 2 is 1.97 bits per heavy atom. The molecule has 3 aromatic carbocycles. The van der Waals surface area contributed by atoms with E-state index in [0.29, 0.717) is 27.9 Å². The molecule has 31 heavy (non-hydrogen) atoms. The third kappa shape index (κ3) is 3.95. The number of carbonyl (C=O) groups is 1. The highest BCUT2D eigenvalue weighted by Crippen LogP contribution is 2.33. The van der Waals surface area contributed by atoms with Crippen molar-refractivity contribution in [2.45, 2.75) is 20.3 Å². The third-order valence-electron chi connectivity index (χ3n) is 5.00. The number of nitro groups is 1. The number of amides is 1. The van der Waals surface area contributed by atoms with Crippen molar-refractivity contribution in [3.63, 3.8) is 0 Å². The second-order valence-corrected chi connectivity index (χ2v) is 7.12. The number of fused-ring (bicyclic) bond motifs is 1. The van der Waals surface area contributed by atoms with Crippen LogP contribution in [0.25, 0.3) is 22.6 Å². The number of nitrogens with one attached hydrogen (secondary N) is 1. The predicted octanol–water partition coefficient (Wildman–Crippen LogP) is 5.23. The minimum absolute atomic E-state index is 0.0357. The minimum Gasteiger partial charge on any atom is -0.507 e. The Balaban J connectivity index is 1.63. The Labute approximate surface area is 177 Å². The molecule has 0 saturated carbocycles. The van der Waals surface area contributed by atoms with Crippen LogP contribution in [0.15, 0.2) is 59.0 Å². The number of phenolic OH excluding ortho intramolecular Hbond substituents is 1. The third-order valence-corrected chi connectivity index (χ3v) is 5.00. The van der Waals surface area contributed by atoms with Gasteiger partial charge in [0.05, 0.1) is 10.5 Å². The number of benzene rings is 3. The van der Waals surface area contributed by atoms with Gasteiger partial charge in [0.25, 0.3) is 11.6 Å². The van der Waals surface area contributed by atoms with Gasteiger partial charge in [0.15, 0.2) is 5.58 Å². The number of aryl methyl sites for hydroxylation is 2. The number of phenols is 1. The highest BCUT2D eigenvalue weighted by molar-refractivity contribution is 6.05. The molecule has 0 fully saturated rings. The lowest BCUT2D eigenvalue weighted by Crippen LogP contribution is -2.12. The normalized spacial score (nSPS) is 10.9. The first-order chi connectivity index (χ1) is 14.9. The van der Waals surface area contributed by atoms with Gasteiger partial charge < -0.3 is 14.8 Å². The van der Waals surface area contributed by atoms with Gasteiger partial charge in [0.1, 0.15) is 11.3 Å². The topological polar surface area (TPSA) is 118 Å². The van der Waals surface area contributed by atoms with Gasteiger partial charge in [-0.2, -0.15) is 0 Å². The number of nitrogens with zero attached hydrogens (tertiary/aromatic N) is 2. The van der Waals surface area contributed by atoms with Gasteiger partial charge in [-0.3, -0.25) is 14.9 Å². The van der Waals surface area contributed by atoms with E-state index in [-0.39, 0.29) is 22.9 Å². The molecule has 8 heteroatoms. The monoisotopic (exact) mass is 417 g/mol. The largest absolute Gasteiger partial charge is 0.507 e. The zero-order valence-corrected chi connectivity index (χ0v) is 16.9. The average molecular weight is 417 g/mol. The van der Waals surface area contributed by atoms with E-state index in [2.05, 4.69) is 10.3 Å². The van der Waals surface area contributed by atoms with Crippen LogP contribution in [0.5, 0.6) is 5.75 Å². The van der Waals surface area contributed by atoms with E-state index in [0.717, 1.165) is 12.0 Å². The molecule has 156 valence electrons. The molecule has 1 aromatic heterocycles. The molecule has 0 bridgehead atoms. The Morgan fingerprint density at radius 3 is 2.68 bits per heavy atom. The second kappa shape index (κ2) is 7.91. The highest BCUT2D eigenvalue weighted by Gasteiger charge is 2.17. The molecule has 8 nitrogen and oxygen atoms in total. The molecular weight excluding hydrogens is 398 g/mol. The first kappa shape index (κ1) is 20.1. The summed E-state index contributed by atoms with van der Waals surface area (Å²) in [7, 11) is 0. The van der Waals surface area contributed by atoms with Crippen LogP contribution in [0.4, 0.5) is 11.4 Å². The number of anilines is 1. The molecule has 0 aliphatic heterocycles. The summed E-state index contributed by atoms with van der Waals surface area (Å²) in [6.45, 7) is 3.62. The average Bonchev–Trinajstić information content (AvgIpc) is 3.17. The quantitative estimate of drug-likeness (QED) is 0.261. The number of nitro benzene ring substituents is 1. The van der Waals surface area contributed by atoms with Crippen LogP contribution in [-0.4, -0.2) is 20.9 Å². The van der Waals surface area contributed by atoms with Crippen LogP contribution < -0.4 is 5.32 Å². The zero-order chi connectivity index (χ0) is 22.1. The van der Waals surface area contributed by atoms with Gasteiger partial charge in [0.2, 0.25) is 5.89 Å². The lowest BCUT2D eigenvalue weighted by Gasteiger charge is -2.08. The minimum atomic E-state index is -0.493. The van der Waals surface area contributed by atoms with Gasteiger partial charge in [-0.1, -0.05) is 13.0 Å². The number of oxazole rings is 1. The van der Waals surface area contributed by atoms with Crippen molar-refractivity contribution in [1.29, 1.82) is 0 Å². The number of carbonyl (C=O) groups excluding carboxylic acids is 1. The van der Waals surface area contributed by atoms with E-state index >= 15 is 0 Å². The van der Waals surface area contributed by atoms with Crippen molar-refractivity contribution in [3.05, 3.63) is 81.4 Å². The molecule has 2 N–H and O–H groups in total. The molecule has 0 aliphatic rings. The fourth-order valence-corrected chi connectivity index (χ4v) is 3.30. The smallest absolute Gasteiger partial charge is 0.272 e. The summed E-state index contributed by atoms with van der Waals surface area (Å²) >= 11 is 0. The maximum absolute atomic E-state index is 12.6. The van der Waals surface area contributed by atoms with E-state index in [4.69, 9.17) is 4.42 Å². The van der Waals surface area contributed by atoms with E-state index in [1.165, 1.54) is 24.3 Å². The van der Waals surface area contributed by atoms with Gasteiger partial charge in [-0.05, 0) is 61.4 Å². The number of aromatic hydroxyl groups is 1. The van der Waals surface area contributed by atoms with Gasteiger partial charge in [-0.25, -0.2) is 4.98 Å². The van der Waals surface area contributed by atoms with Crippen LogP contribution >= 0.6 is 0 Å². The predicted molar refractivity (Wildman–Crippen MR) is 116 cm³/mol. The standard InChI is InChI=1S/C23H19N3O5/c1-3-14-4-9-21-18(11-14)25-23(31-21)17-12-16(6-8-20(17)27)24-22(28)15-5-7-19(26(29)30)13(2)10-15/h4-12,27H,3H2,1-2H3,(H,24,28). The number of hydrogen-bond donors (Lipinski definition) is 2. The van der Waals surface area contributed by atoms with E-state index in [1.54, 1.807) is 19.1 Å². The fraction of sp³-hybridized carbons (Fsp3) is 0.130. The van der Waals surface area contributed by atoms with Crippen LogP contribution in [0, 0.1) is 17.0 Å². The van der Waals surface area contributed by atoms with Gasteiger partial charge in [0, 0.05) is 22.9 Å². The van der Waals surface area contributed by atoms with Crippen molar-refractivity contribution < 1.29 is 19.2 Å². The zero-order valence-electron chi connectivity index (χ0n) is 16.9. The van der Waals surface area contributed by atoms with Gasteiger partial charge >= 0.3 is 0 Å². The Hall–Kier alpha value is -4.20. The lowest BCUT2D eigenvalue weighted by molar-refractivity contribution is -0.385. The summed E-state index contributed by atoms with van der Waals surface area (Å²) in [5.74, 6) is -0.228. The summed E-state index contributed by atoms with van der Waals surface area (Å²) < 4.78 is 5.78. The molecule has 0 radical (unpaired) electrons.